The van der Waals surface area contributed by atoms with Gasteiger partial charge in [0.05, 0.1) is 12.2 Å². The van der Waals surface area contributed by atoms with E-state index in [-0.39, 0.29) is 18.4 Å². The first-order valence-corrected chi connectivity index (χ1v) is 5.77. The topological polar surface area (TPSA) is 57.5 Å². The van der Waals surface area contributed by atoms with E-state index in [9.17, 15) is 23.1 Å². The number of aliphatic hydroxyl groups is 2. The van der Waals surface area contributed by atoms with Crippen LogP contribution in [0.15, 0.2) is 24.3 Å². The number of Topliss-reactive ketones (excluding diaryl/α,β-unsaturated/α-hetero) is 1. The SMILES string of the molecule is CC(O)CC(O)Cc1ccccc1C(=O)C(F)(F)F. The van der Waals surface area contributed by atoms with Crippen LogP contribution in [-0.2, 0) is 6.42 Å². The molecule has 0 spiro atoms. The van der Waals surface area contributed by atoms with Crippen LogP contribution in [0, 0.1) is 0 Å². The van der Waals surface area contributed by atoms with Crippen molar-refractivity contribution in [1.29, 1.82) is 0 Å². The molecule has 0 radical (unpaired) electrons. The fraction of sp³-hybridized carbons (Fsp3) is 0.462. The zero-order chi connectivity index (χ0) is 14.6. The third-order valence-electron chi connectivity index (χ3n) is 2.59. The number of alkyl halides is 3. The highest BCUT2D eigenvalue weighted by Crippen LogP contribution is 2.24. The predicted molar refractivity (Wildman–Crippen MR) is 62.8 cm³/mol. The van der Waals surface area contributed by atoms with Crippen LogP contribution in [0.25, 0.3) is 0 Å². The number of rotatable bonds is 5. The highest BCUT2D eigenvalue weighted by Gasteiger charge is 2.40. The van der Waals surface area contributed by atoms with Crippen LogP contribution in [0.3, 0.4) is 0 Å². The molecule has 19 heavy (non-hydrogen) atoms. The Hall–Kier alpha value is -1.40. The molecule has 0 bridgehead atoms. The van der Waals surface area contributed by atoms with E-state index < -0.39 is 29.7 Å². The summed E-state index contributed by atoms with van der Waals surface area (Å²) in [7, 11) is 0. The minimum atomic E-state index is -4.94. The van der Waals surface area contributed by atoms with Crippen molar-refractivity contribution in [2.24, 2.45) is 0 Å². The molecule has 2 atom stereocenters. The molecule has 0 aliphatic carbocycles. The lowest BCUT2D eigenvalue weighted by Crippen LogP contribution is -2.25. The Kier molecular flexibility index (Phi) is 5.08. The second-order valence-corrected chi connectivity index (χ2v) is 4.43. The van der Waals surface area contributed by atoms with E-state index in [1.807, 2.05) is 0 Å². The Balaban J connectivity index is 2.94. The van der Waals surface area contributed by atoms with E-state index in [1.54, 1.807) is 0 Å². The quantitative estimate of drug-likeness (QED) is 0.810. The fourth-order valence-electron chi connectivity index (χ4n) is 1.80. The summed E-state index contributed by atoms with van der Waals surface area (Å²) in [6, 6.07) is 5.28. The number of hydrogen-bond donors (Lipinski definition) is 2. The molecule has 0 saturated heterocycles. The molecule has 0 amide bonds. The Labute approximate surface area is 108 Å². The molecule has 1 rings (SSSR count). The summed E-state index contributed by atoms with van der Waals surface area (Å²) in [5.41, 5.74) is -0.336. The molecule has 0 aromatic heterocycles. The van der Waals surface area contributed by atoms with Crippen LogP contribution in [0.5, 0.6) is 0 Å². The zero-order valence-electron chi connectivity index (χ0n) is 10.3. The van der Waals surface area contributed by atoms with Gasteiger partial charge in [-0.25, -0.2) is 0 Å². The zero-order valence-corrected chi connectivity index (χ0v) is 10.3. The van der Waals surface area contributed by atoms with E-state index in [4.69, 9.17) is 5.11 Å². The number of benzene rings is 1. The maximum atomic E-state index is 12.4. The Bertz CT molecular complexity index is 441. The molecule has 2 N–H and O–H groups in total. The van der Waals surface area contributed by atoms with Crippen molar-refractivity contribution < 1.29 is 28.2 Å². The summed E-state index contributed by atoms with van der Waals surface area (Å²) in [5.74, 6) is -1.92. The predicted octanol–water partition coefficient (Wildman–Crippen LogP) is 2.11. The van der Waals surface area contributed by atoms with Crippen LogP contribution in [0.4, 0.5) is 13.2 Å². The van der Waals surface area contributed by atoms with E-state index in [0.29, 0.717) is 0 Å². The maximum absolute atomic E-state index is 12.4. The molecule has 1 aromatic carbocycles. The summed E-state index contributed by atoms with van der Waals surface area (Å²) < 4.78 is 37.2. The third-order valence-corrected chi connectivity index (χ3v) is 2.59. The lowest BCUT2D eigenvalue weighted by molar-refractivity contribution is -0.0886. The van der Waals surface area contributed by atoms with E-state index >= 15 is 0 Å². The lowest BCUT2D eigenvalue weighted by atomic mass is 9.96. The van der Waals surface area contributed by atoms with Crippen molar-refractivity contribution in [2.45, 2.75) is 38.1 Å². The number of aliphatic hydroxyl groups excluding tert-OH is 2. The standard InChI is InChI=1S/C13H15F3O3/c1-8(17)6-10(18)7-9-4-2-3-5-11(9)12(19)13(14,15)16/h2-5,8,10,17-18H,6-7H2,1H3. The van der Waals surface area contributed by atoms with Gasteiger partial charge in [0, 0.05) is 5.56 Å². The molecule has 1 aromatic rings. The first-order valence-electron chi connectivity index (χ1n) is 5.77. The van der Waals surface area contributed by atoms with Crippen LogP contribution < -0.4 is 0 Å². The molecule has 3 nitrogen and oxygen atoms in total. The van der Waals surface area contributed by atoms with Crippen molar-refractivity contribution in [3.63, 3.8) is 0 Å². The van der Waals surface area contributed by atoms with Gasteiger partial charge in [-0.3, -0.25) is 4.79 Å². The third kappa shape index (κ3) is 4.65. The maximum Gasteiger partial charge on any atom is 0.454 e. The summed E-state index contributed by atoms with van der Waals surface area (Å²) in [5, 5.41) is 18.7. The van der Waals surface area contributed by atoms with Crippen LogP contribution in [-0.4, -0.2) is 34.4 Å². The summed E-state index contributed by atoms with van der Waals surface area (Å²) in [4.78, 5) is 11.2. The number of carbonyl (C=O) groups is 1. The van der Waals surface area contributed by atoms with Gasteiger partial charge >= 0.3 is 6.18 Å². The molecule has 0 aliphatic heterocycles. The second-order valence-electron chi connectivity index (χ2n) is 4.43. The molecule has 6 heteroatoms. The van der Waals surface area contributed by atoms with Gasteiger partial charge in [-0.2, -0.15) is 13.2 Å². The van der Waals surface area contributed by atoms with Crippen molar-refractivity contribution in [3.05, 3.63) is 35.4 Å². The molecule has 0 aliphatic rings. The van der Waals surface area contributed by atoms with Gasteiger partial charge in [0.2, 0.25) is 0 Å². The van der Waals surface area contributed by atoms with Crippen LogP contribution in [0.1, 0.15) is 29.3 Å². The van der Waals surface area contributed by atoms with Crippen molar-refractivity contribution in [2.75, 3.05) is 0 Å². The van der Waals surface area contributed by atoms with Crippen LogP contribution in [0.2, 0.25) is 0 Å². The second kappa shape index (κ2) is 6.16. The largest absolute Gasteiger partial charge is 0.454 e. The van der Waals surface area contributed by atoms with Gasteiger partial charge in [0.15, 0.2) is 0 Å². The molecule has 0 saturated carbocycles. The number of ketones is 1. The fourth-order valence-corrected chi connectivity index (χ4v) is 1.80. The van der Waals surface area contributed by atoms with Crippen molar-refractivity contribution in [1.82, 2.24) is 0 Å². The Morgan fingerprint density at radius 2 is 1.84 bits per heavy atom. The van der Waals surface area contributed by atoms with Gasteiger partial charge < -0.3 is 10.2 Å². The lowest BCUT2D eigenvalue weighted by Gasteiger charge is -2.15. The smallest absolute Gasteiger partial charge is 0.393 e. The number of carbonyl (C=O) groups excluding carboxylic acids is 1. The first-order chi connectivity index (χ1) is 8.71. The number of hydrogen-bond acceptors (Lipinski definition) is 3. The first kappa shape index (κ1) is 15.7. The van der Waals surface area contributed by atoms with E-state index in [0.717, 1.165) is 6.07 Å². The van der Waals surface area contributed by atoms with Gasteiger partial charge in [0.25, 0.3) is 5.78 Å². The van der Waals surface area contributed by atoms with Gasteiger partial charge in [-0.1, -0.05) is 24.3 Å². The summed E-state index contributed by atoms with van der Waals surface area (Å²) >= 11 is 0. The van der Waals surface area contributed by atoms with Crippen LogP contribution >= 0.6 is 0 Å². The van der Waals surface area contributed by atoms with Gasteiger partial charge in [0.1, 0.15) is 0 Å². The number of halogens is 3. The van der Waals surface area contributed by atoms with E-state index in [1.165, 1.54) is 25.1 Å². The molecular weight excluding hydrogens is 261 g/mol. The molecule has 2 unspecified atom stereocenters. The van der Waals surface area contributed by atoms with E-state index in [2.05, 4.69) is 0 Å². The highest BCUT2D eigenvalue weighted by atomic mass is 19.4. The van der Waals surface area contributed by atoms with Gasteiger partial charge in [-0.15, -0.1) is 0 Å². The average Bonchev–Trinajstić information content (AvgIpc) is 2.26. The molecule has 0 heterocycles. The normalized spacial score (nSPS) is 15.1. The Morgan fingerprint density at radius 1 is 1.26 bits per heavy atom. The minimum absolute atomic E-state index is 0.0363. The van der Waals surface area contributed by atoms with Crippen molar-refractivity contribution in [3.8, 4) is 0 Å². The highest BCUT2D eigenvalue weighted by molar-refractivity contribution is 6.01. The Morgan fingerprint density at radius 3 is 2.37 bits per heavy atom. The van der Waals surface area contributed by atoms with Crippen molar-refractivity contribution >= 4 is 5.78 Å². The molecule has 0 fully saturated rings. The minimum Gasteiger partial charge on any atom is -0.393 e. The summed E-state index contributed by atoms with van der Waals surface area (Å²) in [6.45, 7) is 1.47. The van der Waals surface area contributed by atoms with Gasteiger partial charge in [-0.05, 0) is 25.3 Å². The average molecular weight is 276 g/mol. The summed E-state index contributed by atoms with van der Waals surface area (Å²) in [6.07, 6.45) is -6.77. The monoisotopic (exact) mass is 276 g/mol. The molecule has 106 valence electrons. The molecular formula is C13H15F3O3.